The molecule has 0 aliphatic carbocycles. The van der Waals surface area contributed by atoms with Crippen molar-refractivity contribution in [1.29, 1.82) is 0 Å². The molecular formula is C16H15N3S. The lowest BCUT2D eigenvalue weighted by Crippen LogP contribution is -2.23. The topological polar surface area (TPSA) is 40.7 Å². The fourth-order valence-corrected chi connectivity index (χ4v) is 3.77. The maximum Gasteiger partial charge on any atom is 0.0931 e. The molecule has 0 spiro atoms. The minimum Gasteiger partial charge on any atom is -0.345 e. The van der Waals surface area contributed by atoms with Gasteiger partial charge in [-0.2, -0.15) is 0 Å². The summed E-state index contributed by atoms with van der Waals surface area (Å²) in [5.74, 6) is 0. The van der Waals surface area contributed by atoms with Crippen molar-refractivity contribution in [3.05, 3.63) is 53.9 Å². The highest BCUT2D eigenvalue weighted by Gasteiger charge is 2.13. The van der Waals surface area contributed by atoms with Crippen LogP contribution in [0.4, 0.5) is 0 Å². The molecule has 100 valence electrons. The molecule has 3 nitrogen and oxygen atoms in total. The third-order valence-electron chi connectivity index (χ3n) is 3.72. The Morgan fingerprint density at radius 2 is 2.15 bits per heavy atom. The summed E-state index contributed by atoms with van der Waals surface area (Å²) in [7, 11) is 0. The predicted molar refractivity (Wildman–Crippen MR) is 82.1 cm³/mol. The second-order valence-electron chi connectivity index (χ2n) is 5.00. The molecule has 0 amide bonds. The predicted octanol–water partition coefficient (Wildman–Crippen LogP) is 3.36. The number of aromatic amines is 1. The lowest BCUT2D eigenvalue weighted by atomic mass is 10.0. The second-order valence-corrected chi connectivity index (χ2v) is 6.12. The first-order valence-electron chi connectivity index (χ1n) is 6.82. The molecule has 0 fully saturated rings. The second kappa shape index (κ2) is 4.96. The van der Waals surface area contributed by atoms with Crippen LogP contribution in [0.1, 0.15) is 11.1 Å². The van der Waals surface area contributed by atoms with E-state index in [1.165, 1.54) is 20.9 Å². The lowest BCUT2D eigenvalue weighted by molar-refractivity contribution is 0.636. The molecule has 1 aliphatic rings. The van der Waals surface area contributed by atoms with Gasteiger partial charge in [-0.3, -0.25) is 0 Å². The number of nitrogens with one attached hydrogen (secondary N) is 2. The third-order valence-corrected chi connectivity index (χ3v) is 4.81. The Morgan fingerprint density at radius 3 is 3.15 bits per heavy atom. The number of H-pyrrole nitrogens is 1. The van der Waals surface area contributed by atoms with Gasteiger partial charge in [-0.25, -0.2) is 4.98 Å². The van der Waals surface area contributed by atoms with Crippen LogP contribution < -0.4 is 5.32 Å². The summed E-state index contributed by atoms with van der Waals surface area (Å²) in [6, 6.07) is 13.0. The largest absolute Gasteiger partial charge is 0.345 e. The van der Waals surface area contributed by atoms with Crippen molar-refractivity contribution >= 4 is 22.8 Å². The van der Waals surface area contributed by atoms with Crippen LogP contribution in [0.15, 0.2) is 52.5 Å². The minimum atomic E-state index is 0.989. The zero-order chi connectivity index (χ0) is 13.4. The quantitative estimate of drug-likeness (QED) is 0.756. The van der Waals surface area contributed by atoms with E-state index in [-0.39, 0.29) is 0 Å². The van der Waals surface area contributed by atoms with Crippen LogP contribution in [-0.2, 0) is 13.0 Å². The number of aromatic nitrogens is 2. The molecule has 0 bridgehead atoms. The SMILES string of the molecule is c1cc2c(c(Sc3ccc4nc[nH]c4c3)c1)CCNC2. The Kier molecular flexibility index (Phi) is 2.98. The van der Waals surface area contributed by atoms with Gasteiger partial charge in [-0.1, -0.05) is 23.9 Å². The van der Waals surface area contributed by atoms with Crippen molar-refractivity contribution in [2.24, 2.45) is 0 Å². The Hall–Kier alpha value is -1.78. The Morgan fingerprint density at radius 1 is 1.15 bits per heavy atom. The molecule has 0 atom stereocenters. The molecule has 2 aromatic carbocycles. The molecule has 0 saturated heterocycles. The van der Waals surface area contributed by atoms with Gasteiger partial charge in [0.05, 0.1) is 17.4 Å². The van der Waals surface area contributed by atoms with E-state index in [0.717, 1.165) is 30.5 Å². The van der Waals surface area contributed by atoms with Gasteiger partial charge in [-0.05, 0) is 48.4 Å². The van der Waals surface area contributed by atoms with Crippen molar-refractivity contribution in [3.8, 4) is 0 Å². The summed E-state index contributed by atoms with van der Waals surface area (Å²) < 4.78 is 0. The molecule has 1 aliphatic heterocycles. The van der Waals surface area contributed by atoms with Gasteiger partial charge < -0.3 is 10.3 Å². The van der Waals surface area contributed by atoms with E-state index >= 15 is 0 Å². The normalized spacial score (nSPS) is 14.4. The highest BCUT2D eigenvalue weighted by molar-refractivity contribution is 7.99. The van der Waals surface area contributed by atoms with Crippen LogP contribution in [0.2, 0.25) is 0 Å². The van der Waals surface area contributed by atoms with E-state index in [9.17, 15) is 0 Å². The van der Waals surface area contributed by atoms with Gasteiger partial charge in [0.1, 0.15) is 0 Å². The van der Waals surface area contributed by atoms with Gasteiger partial charge in [-0.15, -0.1) is 0 Å². The third kappa shape index (κ3) is 2.11. The standard InChI is InChI=1S/C16H15N3S/c1-2-11-9-17-7-6-13(11)16(3-1)20-12-4-5-14-15(8-12)19-10-18-14/h1-5,8,10,17H,6-7,9H2,(H,18,19). The number of hydrogen-bond donors (Lipinski definition) is 2. The van der Waals surface area contributed by atoms with Crippen molar-refractivity contribution in [3.63, 3.8) is 0 Å². The molecule has 3 aromatic rings. The van der Waals surface area contributed by atoms with E-state index in [1.54, 1.807) is 6.33 Å². The Balaban J connectivity index is 1.71. The Labute approximate surface area is 121 Å². The highest BCUT2D eigenvalue weighted by atomic mass is 32.2. The van der Waals surface area contributed by atoms with Crippen molar-refractivity contribution < 1.29 is 0 Å². The van der Waals surface area contributed by atoms with E-state index in [4.69, 9.17) is 0 Å². The van der Waals surface area contributed by atoms with Crippen molar-refractivity contribution in [2.45, 2.75) is 22.8 Å². The van der Waals surface area contributed by atoms with E-state index in [2.05, 4.69) is 51.7 Å². The first kappa shape index (κ1) is 12.0. The van der Waals surface area contributed by atoms with Crippen LogP contribution in [-0.4, -0.2) is 16.5 Å². The van der Waals surface area contributed by atoms with Gasteiger partial charge in [0.2, 0.25) is 0 Å². The van der Waals surface area contributed by atoms with Crippen LogP contribution in [0, 0.1) is 0 Å². The number of rotatable bonds is 2. The van der Waals surface area contributed by atoms with Gasteiger partial charge in [0.25, 0.3) is 0 Å². The first-order chi connectivity index (χ1) is 9.90. The highest BCUT2D eigenvalue weighted by Crippen LogP contribution is 2.34. The van der Waals surface area contributed by atoms with Gasteiger partial charge in [0, 0.05) is 16.3 Å². The molecule has 0 radical (unpaired) electrons. The number of fused-ring (bicyclic) bond motifs is 2. The van der Waals surface area contributed by atoms with Gasteiger partial charge in [0.15, 0.2) is 0 Å². The fourth-order valence-electron chi connectivity index (χ4n) is 2.70. The van der Waals surface area contributed by atoms with E-state index < -0.39 is 0 Å². The van der Waals surface area contributed by atoms with E-state index in [0.29, 0.717) is 0 Å². The molecule has 0 saturated carbocycles. The summed E-state index contributed by atoms with van der Waals surface area (Å²) in [6.45, 7) is 2.06. The molecule has 4 heteroatoms. The van der Waals surface area contributed by atoms with Crippen LogP contribution >= 0.6 is 11.8 Å². The average molecular weight is 281 g/mol. The number of nitrogens with zero attached hydrogens (tertiary/aromatic N) is 1. The number of imidazole rings is 1. The molecule has 4 rings (SSSR count). The molecule has 2 heterocycles. The summed E-state index contributed by atoms with van der Waals surface area (Å²) in [4.78, 5) is 10.1. The Bertz CT molecular complexity index is 763. The summed E-state index contributed by atoms with van der Waals surface area (Å²) >= 11 is 1.84. The zero-order valence-corrected chi connectivity index (χ0v) is 11.8. The molecule has 2 N–H and O–H groups in total. The summed E-state index contributed by atoms with van der Waals surface area (Å²) in [5.41, 5.74) is 5.06. The minimum absolute atomic E-state index is 0.989. The summed E-state index contributed by atoms with van der Waals surface area (Å²) in [5, 5.41) is 3.43. The molecule has 20 heavy (non-hydrogen) atoms. The van der Waals surface area contributed by atoms with Crippen LogP contribution in [0.5, 0.6) is 0 Å². The molecular weight excluding hydrogens is 266 g/mol. The van der Waals surface area contributed by atoms with Crippen molar-refractivity contribution in [1.82, 2.24) is 15.3 Å². The number of hydrogen-bond acceptors (Lipinski definition) is 3. The van der Waals surface area contributed by atoms with Crippen molar-refractivity contribution in [2.75, 3.05) is 6.54 Å². The monoisotopic (exact) mass is 281 g/mol. The maximum absolute atomic E-state index is 4.26. The molecule has 1 aromatic heterocycles. The summed E-state index contributed by atoms with van der Waals surface area (Å²) in [6.07, 6.45) is 2.86. The zero-order valence-electron chi connectivity index (χ0n) is 11.0. The maximum atomic E-state index is 4.26. The molecule has 0 unspecified atom stereocenters. The fraction of sp³-hybridized carbons (Fsp3) is 0.188. The van der Waals surface area contributed by atoms with Crippen LogP contribution in [0.25, 0.3) is 11.0 Å². The smallest absolute Gasteiger partial charge is 0.0931 e. The first-order valence-corrected chi connectivity index (χ1v) is 7.64. The van der Waals surface area contributed by atoms with Crippen LogP contribution in [0.3, 0.4) is 0 Å². The number of benzene rings is 2. The lowest BCUT2D eigenvalue weighted by Gasteiger charge is -2.19. The average Bonchev–Trinajstić information content (AvgIpc) is 2.95. The van der Waals surface area contributed by atoms with Gasteiger partial charge >= 0.3 is 0 Å². The van der Waals surface area contributed by atoms with E-state index in [1.807, 2.05) is 11.8 Å².